The molecule has 2 N–H and O–H groups in total. The van der Waals surface area contributed by atoms with Crippen LogP contribution in [-0.4, -0.2) is 23.8 Å². The van der Waals surface area contributed by atoms with Gasteiger partial charge in [-0.3, -0.25) is 5.01 Å². The zero-order valence-corrected chi connectivity index (χ0v) is 10.2. The lowest BCUT2D eigenvalue weighted by molar-refractivity contribution is 0.360. The third kappa shape index (κ3) is 2.47. The molecule has 1 heterocycles. The zero-order valence-electron chi connectivity index (χ0n) is 9.41. The molecule has 1 saturated heterocycles. The van der Waals surface area contributed by atoms with Crippen LogP contribution in [-0.2, 0) is 0 Å². The highest BCUT2D eigenvalue weighted by atomic mass is 35.5. The second kappa shape index (κ2) is 4.74. The van der Waals surface area contributed by atoms with Crippen LogP contribution >= 0.6 is 11.6 Å². The van der Waals surface area contributed by atoms with E-state index in [2.05, 4.69) is 10.1 Å². The van der Waals surface area contributed by atoms with Crippen molar-refractivity contribution in [1.82, 2.24) is 5.01 Å². The molecular weight excluding hydrogens is 222 g/mol. The molecule has 0 saturated carbocycles. The van der Waals surface area contributed by atoms with E-state index in [-0.39, 0.29) is 0 Å². The van der Waals surface area contributed by atoms with Crippen molar-refractivity contribution in [3.8, 4) is 0 Å². The maximum absolute atomic E-state index is 5.95. The number of nitrogens with two attached hydrogens (primary N) is 1. The maximum Gasteiger partial charge on any atom is 0.0667 e. The number of nitrogens with zero attached hydrogens (tertiary/aromatic N) is 2. The molecule has 0 radical (unpaired) electrons. The summed E-state index contributed by atoms with van der Waals surface area (Å²) in [5.41, 5.74) is 8.50. The van der Waals surface area contributed by atoms with E-state index in [4.69, 9.17) is 17.3 Å². The average molecular weight is 238 g/mol. The molecule has 0 unspecified atom stereocenters. The van der Waals surface area contributed by atoms with Crippen LogP contribution in [0.3, 0.4) is 0 Å². The van der Waals surface area contributed by atoms with Crippen LogP contribution in [0.15, 0.2) is 23.3 Å². The largest absolute Gasteiger partial charge is 0.398 e. The lowest BCUT2D eigenvalue weighted by Gasteiger charge is -2.13. The summed E-state index contributed by atoms with van der Waals surface area (Å²) < 4.78 is 0. The minimum absolute atomic E-state index is 0.695. The molecule has 1 aromatic rings. The zero-order chi connectivity index (χ0) is 11.5. The smallest absolute Gasteiger partial charge is 0.0667 e. The number of nitrogen functional groups attached to an aromatic ring is 1. The van der Waals surface area contributed by atoms with Crippen LogP contribution < -0.4 is 5.73 Å². The SMILES string of the molecule is C/C(=N\N1CCCC1)c1cc(Cl)ccc1N. The van der Waals surface area contributed by atoms with Crippen molar-refractivity contribution >= 4 is 23.0 Å². The van der Waals surface area contributed by atoms with E-state index in [1.165, 1.54) is 12.8 Å². The Bertz CT molecular complexity index is 409. The van der Waals surface area contributed by atoms with Gasteiger partial charge in [0.2, 0.25) is 0 Å². The van der Waals surface area contributed by atoms with Crippen LogP contribution in [0, 0.1) is 0 Å². The van der Waals surface area contributed by atoms with E-state index in [0.29, 0.717) is 5.02 Å². The lowest BCUT2D eigenvalue weighted by atomic mass is 10.1. The maximum atomic E-state index is 5.95. The summed E-state index contributed by atoms with van der Waals surface area (Å²) in [7, 11) is 0. The van der Waals surface area contributed by atoms with Gasteiger partial charge < -0.3 is 5.73 Å². The first-order valence-corrected chi connectivity index (χ1v) is 5.90. The Morgan fingerprint density at radius 1 is 1.38 bits per heavy atom. The van der Waals surface area contributed by atoms with Crippen molar-refractivity contribution in [2.24, 2.45) is 5.10 Å². The van der Waals surface area contributed by atoms with Gasteiger partial charge in [0, 0.05) is 29.4 Å². The van der Waals surface area contributed by atoms with Gasteiger partial charge in [-0.05, 0) is 38.0 Å². The van der Waals surface area contributed by atoms with Crippen LogP contribution in [0.5, 0.6) is 0 Å². The van der Waals surface area contributed by atoms with Crippen LogP contribution in [0.4, 0.5) is 5.69 Å². The molecule has 1 fully saturated rings. The molecule has 0 bridgehead atoms. The third-order valence-corrected chi connectivity index (χ3v) is 3.01. The topological polar surface area (TPSA) is 41.6 Å². The summed E-state index contributed by atoms with van der Waals surface area (Å²) in [5.74, 6) is 0. The molecule has 1 aliphatic heterocycles. The predicted octanol–water partition coefficient (Wildman–Crippen LogP) is 2.74. The van der Waals surface area contributed by atoms with Gasteiger partial charge in [-0.25, -0.2) is 0 Å². The van der Waals surface area contributed by atoms with Gasteiger partial charge in [0.1, 0.15) is 0 Å². The Kier molecular flexibility index (Phi) is 3.34. The van der Waals surface area contributed by atoms with Gasteiger partial charge in [0.15, 0.2) is 0 Å². The molecule has 0 aliphatic carbocycles. The van der Waals surface area contributed by atoms with Crippen molar-refractivity contribution in [2.75, 3.05) is 18.8 Å². The molecule has 0 amide bonds. The summed E-state index contributed by atoms with van der Waals surface area (Å²) in [6, 6.07) is 5.48. The van der Waals surface area contributed by atoms with Gasteiger partial charge in [-0.1, -0.05) is 11.6 Å². The summed E-state index contributed by atoms with van der Waals surface area (Å²) in [4.78, 5) is 0. The van der Waals surface area contributed by atoms with E-state index < -0.39 is 0 Å². The standard InChI is InChI=1S/C12H16ClN3/c1-9(15-16-6-2-3-7-16)11-8-10(13)4-5-12(11)14/h4-5,8H,2-3,6-7,14H2,1H3/b15-9+. The molecule has 3 nitrogen and oxygen atoms in total. The first-order chi connectivity index (χ1) is 7.66. The molecule has 0 spiro atoms. The number of anilines is 1. The Labute approximate surface area is 101 Å². The predicted molar refractivity (Wildman–Crippen MR) is 68.9 cm³/mol. The van der Waals surface area contributed by atoms with Gasteiger partial charge >= 0.3 is 0 Å². The minimum atomic E-state index is 0.695. The summed E-state index contributed by atoms with van der Waals surface area (Å²) in [6.07, 6.45) is 2.45. The fourth-order valence-corrected chi connectivity index (χ4v) is 2.08. The van der Waals surface area contributed by atoms with Gasteiger partial charge in [-0.2, -0.15) is 5.10 Å². The van der Waals surface area contributed by atoms with E-state index >= 15 is 0 Å². The summed E-state index contributed by atoms with van der Waals surface area (Å²) >= 11 is 5.95. The number of benzene rings is 1. The lowest BCUT2D eigenvalue weighted by Crippen LogP contribution is -2.15. The van der Waals surface area contributed by atoms with E-state index in [1.54, 1.807) is 6.07 Å². The highest BCUT2D eigenvalue weighted by molar-refractivity contribution is 6.31. The van der Waals surface area contributed by atoms with E-state index in [1.807, 2.05) is 19.1 Å². The molecule has 16 heavy (non-hydrogen) atoms. The van der Waals surface area contributed by atoms with Crippen LogP contribution in [0.1, 0.15) is 25.3 Å². The first-order valence-electron chi connectivity index (χ1n) is 5.52. The van der Waals surface area contributed by atoms with Gasteiger partial charge in [-0.15, -0.1) is 0 Å². The van der Waals surface area contributed by atoms with Gasteiger partial charge in [0.25, 0.3) is 0 Å². The number of hydrogen-bond donors (Lipinski definition) is 1. The van der Waals surface area contributed by atoms with Crippen molar-refractivity contribution in [1.29, 1.82) is 0 Å². The average Bonchev–Trinajstić information content (AvgIpc) is 2.74. The monoisotopic (exact) mass is 237 g/mol. The van der Waals surface area contributed by atoms with Crippen molar-refractivity contribution in [2.45, 2.75) is 19.8 Å². The van der Waals surface area contributed by atoms with Crippen molar-refractivity contribution < 1.29 is 0 Å². The van der Waals surface area contributed by atoms with Crippen LogP contribution in [0.2, 0.25) is 5.02 Å². The molecule has 1 aliphatic rings. The Balaban J connectivity index is 2.25. The number of hydrazone groups is 1. The highest BCUT2D eigenvalue weighted by Gasteiger charge is 2.10. The minimum Gasteiger partial charge on any atom is -0.398 e. The number of hydrogen-bond acceptors (Lipinski definition) is 3. The third-order valence-electron chi connectivity index (χ3n) is 2.78. The Morgan fingerprint density at radius 2 is 2.06 bits per heavy atom. The second-order valence-corrected chi connectivity index (χ2v) is 4.51. The Hall–Kier alpha value is -1.22. The van der Waals surface area contributed by atoms with E-state index in [0.717, 1.165) is 30.1 Å². The fourth-order valence-electron chi connectivity index (χ4n) is 1.91. The molecule has 0 atom stereocenters. The van der Waals surface area contributed by atoms with E-state index in [9.17, 15) is 0 Å². The molecule has 86 valence electrons. The van der Waals surface area contributed by atoms with Crippen molar-refractivity contribution in [3.05, 3.63) is 28.8 Å². The quantitative estimate of drug-likeness (QED) is 0.635. The summed E-state index contributed by atoms with van der Waals surface area (Å²) in [6.45, 7) is 4.05. The molecular formula is C12H16ClN3. The molecule has 0 aromatic heterocycles. The second-order valence-electron chi connectivity index (χ2n) is 4.08. The normalized spacial score (nSPS) is 16.9. The Morgan fingerprint density at radius 3 is 2.75 bits per heavy atom. The molecule has 1 aromatic carbocycles. The van der Waals surface area contributed by atoms with Crippen LogP contribution in [0.25, 0.3) is 0 Å². The fraction of sp³-hybridized carbons (Fsp3) is 0.417. The first kappa shape index (κ1) is 11.3. The number of rotatable bonds is 2. The molecule has 2 rings (SSSR count). The van der Waals surface area contributed by atoms with Gasteiger partial charge in [0.05, 0.1) is 5.71 Å². The highest BCUT2D eigenvalue weighted by Crippen LogP contribution is 2.19. The van der Waals surface area contributed by atoms with Crippen molar-refractivity contribution in [3.63, 3.8) is 0 Å². The molecule has 4 heteroatoms. The number of halogens is 1. The summed E-state index contributed by atoms with van der Waals surface area (Å²) in [5, 5.41) is 7.35.